The summed E-state index contributed by atoms with van der Waals surface area (Å²) in [4.78, 5) is 25.0. The van der Waals surface area contributed by atoms with E-state index in [-0.39, 0.29) is 5.56 Å². The average Bonchev–Trinajstić information content (AvgIpc) is 2.48. The molecule has 2 N–H and O–H groups in total. The molecule has 1 aliphatic carbocycles. The van der Waals surface area contributed by atoms with Crippen molar-refractivity contribution in [1.82, 2.24) is 4.98 Å². The number of carboxylic acid groups (broad SMARTS) is 1. The Morgan fingerprint density at radius 2 is 2.14 bits per heavy atom. The summed E-state index contributed by atoms with van der Waals surface area (Å²) in [5, 5.41) is 22.8. The second-order valence-electron chi connectivity index (χ2n) is 5.37. The van der Waals surface area contributed by atoms with Crippen LogP contribution < -0.4 is 5.32 Å². The molecule has 1 aromatic rings. The van der Waals surface area contributed by atoms with Crippen molar-refractivity contribution in [3.63, 3.8) is 0 Å². The lowest BCUT2D eigenvalue weighted by Crippen LogP contribution is -2.13. The Morgan fingerprint density at radius 1 is 1.43 bits per heavy atom. The second kappa shape index (κ2) is 7.01. The van der Waals surface area contributed by atoms with Crippen LogP contribution >= 0.6 is 0 Å². The first-order chi connectivity index (χ1) is 10.1. The van der Waals surface area contributed by atoms with Crippen LogP contribution in [0.15, 0.2) is 12.3 Å². The maximum absolute atomic E-state index is 11.0. The Kier molecular flexibility index (Phi) is 5.08. The quantitative estimate of drug-likeness (QED) is 0.616. The fraction of sp³-hybridized carbons (Fsp3) is 0.571. The minimum atomic E-state index is -1.32. The Labute approximate surface area is 122 Å². The normalized spacial score (nSPS) is 15.6. The van der Waals surface area contributed by atoms with Crippen LogP contribution in [-0.2, 0) is 0 Å². The smallest absolute Gasteiger partial charge is 0.342 e. The molecule has 0 atom stereocenters. The number of anilines is 1. The van der Waals surface area contributed by atoms with Gasteiger partial charge in [-0.2, -0.15) is 0 Å². The average molecular weight is 293 g/mol. The van der Waals surface area contributed by atoms with Crippen molar-refractivity contribution in [3.8, 4) is 0 Å². The van der Waals surface area contributed by atoms with E-state index in [2.05, 4.69) is 10.3 Å². The first kappa shape index (κ1) is 15.2. The van der Waals surface area contributed by atoms with Crippen molar-refractivity contribution >= 4 is 17.5 Å². The highest BCUT2D eigenvalue weighted by Crippen LogP contribution is 2.26. The van der Waals surface area contributed by atoms with Crippen LogP contribution in [0.5, 0.6) is 0 Å². The van der Waals surface area contributed by atoms with Crippen molar-refractivity contribution in [2.45, 2.75) is 38.5 Å². The number of nitro groups is 1. The predicted molar refractivity (Wildman–Crippen MR) is 77.5 cm³/mol. The van der Waals surface area contributed by atoms with Crippen LogP contribution in [-0.4, -0.2) is 27.5 Å². The number of hydrogen-bond donors (Lipinski definition) is 2. The van der Waals surface area contributed by atoms with E-state index in [0.29, 0.717) is 18.3 Å². The lowest BCUT2D eigenvalue weighted by molar-refractivity contribution is -0.385. The number of hydrogen-bond acceptors (Lipinski definition) is 5. The summed E-state index contributed by atoms with van der Waals surface area (Å²) in [6.45, 7) is 0.703. The number of nitrogens with one attached hydrogen (secondary N) is 1. The third-order valence-electron chi connectivity index (χ3n) is 3.89. The van der Waals surface area contributed by atoms with Gasteiger partial charge in [0.15, 0.2) is 0 Å². The zero-order chi connectivity index (χ0) is 15.2. The van der Waals surface area contributed by atoms with Crippen molar-refractivity contribution < 1.29 is 14.8 Å². The molecular weight excluding hydrogens is 274 g/mol. The summed E-state index contributed by atoms with van der Waals surface area (Å²) in [5.41, 5.74) is -0.824. The van der Waals surface area contributed by atoms with Gasteiger partial charge in [-0.25, -0.2) is 9.78 Å². The number of pyridine rings is 1. The highest BCUT2D eigenvalue weighted by molar-refractivity contribution is 5.93. The molecule has 7 heteroatoms. The SMILES string of the molecule is O=C(O)c1cc(NCCC2CCCCC2)ncc1[N+](=O)[O-]. The minimum absolute atomic E-state index is 0.338. The third-order valence-corrected chi connectivity index (χ3v) is 3.89. The van der Waals surface area contributed by atoms with Gasteiger partial charge in [0.25, 0.3) is 0 Å². The maximum atomic E-state index is 11.0. The van der Waals surface area contributed by atoms with Gasteiger partial charge in [0.05, 0.1) is 4.92 Å². The minimum Gasteiger partial charge on any atom is -0.477 e. The molecule has 0 aliphatic heterocycles. The standard InChI is InChI=1S/C14H19N3O4/c18-14(19)11-8-13(16-9-12(11)17(20)21)15-7-6-10-4-2-1-3-5-10/h8-10H,1-7H2,(H,15,16)(H,18,19). The highest BCUT2D eigenvalue weighted by atomic mass is 16.6. The number of nitrogens with zero attached hydrogens (tertiary/aromatic N) is 2. The molecule has 7 nitrogen and oxygen atoms in total. The fourth-order valence-electron chi connectivity index (χ4n) is 2.74. The monoisotopic (exact) mass is 293 g/mol. The Hall–Kier alpha value is -2.18. The van der Waals surface area contributed by atoms with Gasteiger partial charge in [0.2, 0.25) is 0 Å². The lowest BCUT2D eigenvalue weighted by atomic mass is 9.87. The van der Waals surface area contributed by atoms with E-state index in [9.17, 15) is 14.9 Å². The van der Waals surface area contributed by atoms with E-state index in [1.54, 1.807) is 0 Å². The Bertz CT molecular complexity index is 527. The molecular formula is C14H19N3O4. The maximum Gasteiger partial charge on any atom is 0.342 e. The summed E-state index contributed by atoms with van der Waals surface area (Å²) in [7, 11) is 0. The van der Waals surface area contributed by atoms with E-state index in [4.69, 9.17) is 5.11 Å². The molecule has 0 amide bonds. The van der Waals surface area contributed by atoms with Gasteiger partial charge in [0.1, 0.15) is 17.6 Å². The summed E-state index contributed by atoms with van der Waals surface area (Å²) < 4.78 is 0. The molecule has 0 saturated heterocycles. The van der Waals surface area contributed by atoms with Gasteiger partial charge in [-0.1, -0.05) is 32.1 Å². The number of rotatable bonds is 6. The van der Waals surface area contributed by atoms with Crippen LogP contribution in [0, 0.1) is 16.0 Å². The molecule has 1 fully saturated rings. The first-order valence-electron chi connectivity index (χ1n) is 7.19. The van der Waals surface area contributed by atoms with Gasteiger partial charge in [-0.15, -0.1) is 0 Å². The number of aromatic nitrogens is 1. The van der Waals surface area contributed by atoms with E-state index in [1.165, 1.54) is 38.2 Å². The highest BCUT2D eigenvalue weighted by Gasteiger charge is 2.21. The molecule has 1 aromatic heterocycles. The molecule has 114 valence electrons. The van der Waals surface area contributed by atoms with Crippen LogP contribution in [0.25, 0.3) is 0 Å². The lowest BCUT2D eigenvalue weighted by Gasteiger charge is -2.21. The van der Waals surface area contributed by atoms with E-state index >= 15 is 0 Å². The largest absolute Gasteiger partial charge is 0.477 e. The van der Waals surface area contributed by atoms with Crippen LogP contribution in [0.4, 0.5) is 11.5 Å². The van der Waals surface area contributed by atoms with Crippen LogP contribution in [0.2, 0.25) is 0 Å². The molecule has 21 heavy (non-hydrogen) atoms. The van der Waals surface area contributed by atoms with E-state index < -0.39 is 16.6 Å². The molecule has 0 spiro atoms. The number of carboxylic acids is 1. The second-order valence-corrected chi connectivity index (χ2v) is 5.37. The van der Waals surface area contributed by atoms with Crippen molar-refractivity contribution in [2.75, 3.05) is 11.9 Å². The van der Waals surface area contributed by atoms with E-state index in [0.717, 1.165) is 12.6 Å². The molecule has 0 unspecified atom stereocenters. The molecule has 0 aromatic carbocycles. The van der Waals surface area contributed by atoms with Crippen LogP contribution in [0.3, 0.4) is 0 Å². The summed E-state index contributed by atoms with van der Waals surface area (Å²) in [6.07, 6.45) is 8.38. The molecule has 2 rings (SSSR count). The van der Waals surface area contributed by atoms with Crippen molar-refractivity contribution in [1.29, 1.82) is 0 Å². The molecule has 0 radical (unpaired) electrons. The van der Waals surface area contributed by atoms with Crippen LogP contribution in [0.1, 0.15) is 48.9 Å². The Morgan fingerprint density at radius 3 is 2.76 bits per heavy atom. The van der Waals surface area contributed by atoms with Gasteiger partial charge in [-0.05, 0) is 12.3 Å². The summed E-state index contributed by atoms with van der Waals surface area (Å²) >= 11 is 0. The zero-order valence-electron chi connectivity index (χ0n) is 11.7. The fourth-order valence-corrected chi connectivity index (χ4v) is 2.74. The molecule has 1 heterocycles. The zero-order valence-corrected chi connectivity index (χ0v) is 11.7. The third kappa shape index (κ3) is 4.14. The molecule has 1 aliphatic rings. The van der Waals surface area contributed by atoms with E-state index in [1.807, 2.05) is 0 Å². The van der Waals surface area contributed by atoms with Gasteiger partial charge >= 0.3 is 11.7 Å². The predicted octanol–water partition coefficient (Wildman–Crippen LogP) is 3.07. The van der Waals surface area contributed by atoms with Crippen molar-refractivity contribution in [3.05, 3.63) is 27.9 Å². The molecule has 0 bridgehead atoms. The molecule has 1 saturated carbocycles. The van der Waals surface area contributed by atoms with Crippen molar-refractivity contribution in [2.24, 2.45) is 5.92 Å². The van der Waals surface area contributed by atoms with Gasteiger partial charge in [-0.3, -0.25) is 10.1 Å². The summed E-state index contributed by atoms with van der Waals surface area (Å²) in [5.74, 6) is -0.239. The summed E-state index contributed by atoms with van der Waals surface area (Å²) in [6, 6.07) is 1.22. The van der Waals surface area contributed by atoms with Gasteiger partial charge in [0, 0.05) is 12.6 Å². The topological polar surface area (TPSA) is 105 Å². The first-order valence-corrected chi connectivity index (χ1v) is 7.19. The van der Waals surface area contributed by atoms with Gasteiger partial charge < -0.3 is 10.4 Å². The number of aromatic carboxylic acids is 1. The Balaban J connectivity index is 1.95. The number of carbonyl (C=O) groups is 1.